The van der Waals surface area contributed by atoms with Crippen LogP contribution in [0.25, 0.3) is 90.9 Å². The predicted octanol–water partition coefficient (Wildman–Crippen LogP) is 8.97. The highest BCUT2D eigenvalue weighted by Crippen LogP contribution is 2.38. The maximum absolute atomic E-state index is 13.5. The van der Waals surface area contributed by atoms with Crippen LogP contribution in [0.5, 0.6) is 5.75 Å². The number of carbonyl (C=O) groups excluding carboxylic acids is 1. The smallest absolute Gasteiger partial charge is 0.273 e. The second-order valence-corrected chi connectivity index (χ2v) is 15.9. The van der Waals surface area contributed by atoms with Crippen molar-refractivity contribution >= 4 is 63.7 Å². The zero-order chi connectivity index (χ0) is 44.8. The molecule has 0 radical (unpaired) electrons. The molecule has 8 bridgehead atoms. The average Bonchev–Trinajstić information content (AvgIpc) is 4.17. The van der Waals surface area contributed by atoms with Crippen molar-refractivity contribution in [2.24, 2.45) is 21.1 Å². The number of non-ortho nitro benzene ring substituents is 1. The van der Waals surface area contributed by atoms with Crippen LogP contribution < -0.4 is 23.8 Å². The van der Waals surface area contributed by atoms with E-state index in [-0.39, 0.29) is 17.0 Å². The van der Waals surface area contributed by atoms with Gasteiger partial charge in [0.05, 0.1) is 46.4 Å². The monoisotopic (exact) mass is 856 g/mol. The van der Waals surface area contributed by atoms with Crippen LogP contribution in [0, 0.1) is 10.1 Å². The van der Waals surface area contributed by atoms with E-state index >= 15 is 0 Å². The van der Waals surface area contributed by atoms with Crippen molar-refractivity contribution in [2.45, 2.75) is 0 Å². The summed E-state index contributed by atoms with van der Waals surface area (Å²) in [5.74, 6) is -0.364. The molecule has 0 fully saturated rings. The van der Waals surface area contributed by atoms with Crippen molar-refractivity contribution in [2.75, 3.05) is 12.4 Å². The largest absolute Gasteiger partial charge is 0.496 e. The standard InChI is InChI=1S/C52H40N9O4/c1-58-25-19-33(20-26-58)49-41-13-11-39(54-41)48(32-5-7-36(8-6-32)53-52(62)38-10-9-37(61(63)64)31-47(38)65-4)40-12-14-42(55-40)50(34-21-27-59(2)28-22-34)44-16-18-46(57-44)51(45-17-15-43(49)56-45)35-23-29-60(3)30-24-35/h5-31H,1-4H3,(H-,53,54,55,56,57,62)/q+1/p+2. The first-order valence-corrected chi connectivity index (χ1v) is 20.9. The molecule has 2 aliphatic heterocycles. The number of anilines is 1. The number of nitrogens with zero attached hydrogens (tertiary/aromatic N) is 6. The van der Waals surface area contributed by atoms with Crippen molar-refractivity contribution in [3.63, 3.8) is 0 Å². The second kappa shape index (κ2) is 16.5. The number of hydrogen-bond donors (Lipinski definition) is 3. The lowest BCUT2D eigenvalue weighted by Crippen LogP contribution is -2.25. The van der Waals surface area contributed by atoms with Crippen molar-refractivity contribution in [1.29, 1.82) is 0 Å². The molecule has 0 spiro atoms. The first-order chi connectivity index (χ1) is 31.6. The van der Waals surface area contributed by atoms with Crippen LogP contribution >= 0.6 is 0 Å². The van der Waals surface area contributed by atoms with Gasteiger partial charge >= 0.3 is 0 Å². The van der Waals surface area contributed by atoms with Crippen LogP contribution in [0.4, 0.5) is 11.4 Å². The molecule has 1 amide bonds. The molecule has 8 heterocycles. The molecule has 316 valence electrons. The number of aryl methyl sites for hydroxylation is 3. The number of nitrogens with one attached hydrogen (secondary N) is 3. The Bertz CT molecular complexity index is 3400. The van der Waals surface area contributed by atoms with Gasteiger partial charge in [-0.05, 0) is 89.0 Å². The maximum Gasteiger partial charge on any atom is 0.273 e. The molecule has 0 aliphatic carbocycles. The van der Waals surface area contributed by atoms with Crippen LogP contribution in [0.15, 0.2) is 140 Å². The topological polar surface area (TPSA) is 150 Å². The molecule has 6 aromatic heterocycles. The Hall–Kier alpha value is -8.84. The molecule has 0 unspecified atom stereocenters. The van der Waals surface area contributed by atoms with E-state index in [1.54, 1.807) is 0 Å². The summed E-state index contributed by atoms with van der Waals surface area (Å²) in [6.07, 6.45) is 20.5. The lowest BCUT2D eigenvalue weighted by atomic mass is 10.0. The highest BCUT2D eigenvalue weighted by Gasteiger charge is 2.21. The normalized spacial score (nSPS) is 11.8. The van der Waals surface area contributed by atoms with Crippen molar-refractivity contribution in [3.05, 3.63) is 179 Å². The number of methoxy groups -OCH3 is 1. The number of benzene rings is 2. The third kappa shape index (κ3) is 7.71. The Morgan fingerprint density at radius 1 is 0.554 bits per heavy atom. The van der Waals surface area contributed by atoms with Gasteiger partial charge in [0, 0.05) is 92.5 Å². The number of aromatic nitrogens is 7. The fourth-order valence-electron chi connectivity index (χ4n) is 8.32. The van der Waals surface area contributed by atoms with Gasteiger partial charge in [-0.25, -0.2) is 23.7 Å². The van der Waals surface area contributed by atoms with Crippen LogP contribution in [0.2, 0.25) is 0 Å². The summed E-state index contributed by atoms with van der Waals surface area (Å²) in [6, 6.07) is 32.4. The molecule has 0 atom stereocenters. The number of nitro groups is 1. The Kier molecular flexibility index (Phi) is 10.2. The molecule has 3 N–H and O–H groups in total. The van der Waals surface area contributed by atoms with E-state index in [0.29, 0.717) is 5.69 Å². The van der Waals surface area contributed by atoms with E-state index in [0.717, 1.165) is 89.4 Å². The second-order valence-electron chi connectivity index (χ2n) is 15.9. The highest BCUT2D eigenvalue weighted by atomic mass is 16.6. The molecule has 8 aromatic rings. The molecule has 0 saturated heterocycles. The van der Waals surface area contributed by atoms with Crippen LogP contribution in [0.1, 0.15) is 33.1 Å². The SMILES string of the molecule is COc1cc([N+](=O)[O-])ccc1C(=O)Nc1ccc(-c2c3nc(c(-c4cc[n+](C)cc4)c4ccc([nH]4)c(-c4cc[n+](C)cc4)c4nc(c(-c5cc[n+](C)cc5)c5ccc2[nH]5)C=C4)C=C3)cc1. The molecule has 0 saturated carbocycles. The Morgan fingerprint density at radius 3 is 1.28 bits per heavy atom. The zero-order valence-corrected chi connectivity index (χ0v) is 35.9. The lowest BCUT2D eigenvalue weighted by Gasteiger charge is -2.10. The number of nitro benzene ring substituents is 1. The van der Waals surface area contributed by atoms with E-state index in [1.807, 2.05) is 102 Å². The summed E-state index contributed by atoms with van der Waals surface area (Å²) in [4.78, 5) is 42.7. The minimum atomic E-state index is -0.530. The third-order valence-electron chi connectivity index (χ3n) is 11.6. The fourth-order valence-corrected chi connectivity index (χ4v) is 8.32. The Balaban J connectivity index is 1.22. The molecular formula is C52H42N9O4+3. The van der Waals surface area contributed by atoms with E-state index in [1.165, 1.54) is 25.3 Å². The van der Waals surface area contributed by atoms with Crippen molar-refractivity contribution < 1.29 is 28.2 Å². The van der Waals surface area contributed by atoms with Gasteiger partial charge in [-0.3, -0.25) is 14.9 Å². The zero-order valence-electron chi connectivity index (χ0n) is 35.9. The third-order valence-corrected chi connectivity index (χ3v) is 11.6. The van der Waals surface area contributed by atoms with E-state index in [9.17, 15) is 14.9 Å². The van der Waals surface area contributed by atoms with Gasteiger partial charge in [0.2, 0.25) is 0 Å². The number of H-pyrrole nitrogens is 2. The van der Waals surface area contributed by atoms with E-state index < -0.39 is 10.8 Å². The summed E-state index contributed by atoms with van der Waals surface area (Å²) in [7, 11) is 7.37. The van der Waals surface area contributed by atoms with Gasteiger partial charge in [0.25, 0.3) is 11.6 Å². The average molecular weight is 857 g/mol. The summed E-state index contributed by atoms with van der Waals surface area (Å²) in [6.45, 7) is 0. The quantitative estimate of drug-likeness (QED) is 0.0789. The molecule has 65 heavy (non-hydrogen) atoms. The van der Waals surface area contributed by atoms with Gasteiger partial charge in [-0.2, -0.15) is 0 Å². The van der Waals surface area contributed by atoms with Gasteiger partial charge in [-0.1, -0.05) is 12.1 Å². The minimum absolute atomic E-state index is 0.101. The number of carbonyl (C=O) groups is 1. The number of amides is 1. The lowest BCUT2D eigenvalue weighted by molar-refractivity contribution is -0.671. The fraction of sp³-hybridized carbons (Fsp3) is 0.0769. The summed E-state index contributed by atoms with van der Waals surface area (Å²) >= 11 is 0. The predicted molar refractivity (Wildman–Crippen MR) is 252 cm³/mol. The van der Waals surface area contributed by atoms with Crippen molar-refractivity contribution in [3.8, 4) is 50.3 Å². The molecule has 10 rings (SSSR count). The summed E-state index contributed by atoms with van der Waals surface area (Å²) in [5, 5.41) is 14.3. The van der Waals surface area contributed by atoms with Gasteiger partial charge in [-0.15, -0.1) is 0 Å². The maximum atomic E-state index is 13.5. The highest BCUT2D eigenvalue weighted by molar-refractivity contribution is 6.07. The molecule has 13 nitrogen and oxygen atoms in total. The minimum Gasteiger partial charge on any atom is -0.496 e. The first kappa shape index (κ1) is 40.2. The Labute approximate surface area is 373 Å². The number of pyridine rings is 3. The summed E-state index contributed by atoms with van der Waals surface area (Å²) in [5.41, 5.74) is 14.7. The van der Waals surface area contributed by atoms with Gasteiger partial charge < -0.3 is 20.0 Å². The number of aromatic amines is 2. The molecular weight excluding hydrogens is 815 g/mol. The number of ether oxygens (including phenoxy) is 1. The molecule has 2 aromatic carbocycles. The van der Waals surface area contributed by atoms with Crippen LogP contribution in [-0.2, 0) is 21.1 Å². The van der Waals surface area contributed by atoms with E-state index in [4.69, 9.17) is 14.7 Å². The van der Waals surface area contributed by atoms with Crippen LogP contribution in [-0.4, -0.2) is 37.9 Å². The summed E-state index contributed by atoms with van der Waals surface area (Å²) < 4.78 is 11.4. The van der Waals surface area contributed by atoms with Crippen LogP contribution in [0.3, 0.4) is 0 Å². The van der Waals surface area contributed by atoms with E-state index in [2.05, 4.69) is 94.2 Å². The molecule has 13 heteroatoms. The Morgan fingerprint density at radius 2 is 0.923 bits per heavy atom. The number of hydrogen-bond acceptors (Lipinski definition) is 6. The molecule has 2 aliphatic rings. The van der Waals surface area contributed by atoms with Gasteiger partial charge in [0.1, 0.15) is 26.9 Å². The number of rotatable bonds is 8. The first-order valence-electron chi connectivity index (χ1n) is 20.9. The van der Waals surface area contributed by atoms with Gasteiger partial charge in [0.15, 0.2) is 37.2 Å². The number of fused-ring (bicyclic) bond motifs is 8. The van der Waals surface area contributed by atoms with Crippen molar-refractivity contribution in [1.82, 2.24) is 19.9 Å².